The van der Waals surface area contributed by atoms with E-state index in [2.05, 4.69) is 41.4 Å². The number of aryl methyl sites for hydroxylation is 1. The third-order valence-corrected chi connectivity index (χ3v) is 4.52. The molecule has 1 heterocycles. The van der Waals surface area contributed by atoms with Crippen LogP contribution in [0.4, 0.5) is 11.6 Å². The zero-order valence-corrected chi connectivity index (χ0v) is 12.7. The monoisotopic (exact) mass is 262 g/mol. The van der Waals surface area contributed by atoms with Gasteiger partial charge in [0.25, 0.3) is 0 Å². The van der Waals surface area contributed by atoms with Crippen molar-refractivity contribution in [2.45, 2.75) is 53.0 Å². The number of anilines is 2. The fourth-order valence-electron chi connectivity index (χ4n) is 2.97. The second-order valence-electron chi connectivity index (χ2n) is 5.86. The summed E-state index contributed by atoms with van der Waals surface area (Å²) >= 11 is 0. The molecule has 4 nitrogen and oxygen atoms in total. The van der Waals surface area contributed by atoms with Crippen LogP contribution in [-0.4, -0.2) is 23.1 Å². The van der Waals surface area contributed by atoms with Crippen LogP contribution in [0.1, 0.15) is 44.5 Å². The van der Waals surface area contributed by atoms with Gasteiger partial charge >= 0.3 is 0 Å². The largest absolute Gasteiger partial charge is 0.373 e. The minimum absolute atomic E-state index is 0.529. The van der Waals surface area contributed by atoms with Crippen LogP contribution in [0.25, 0.3) is 0 Å². The average Bonchev–Trinajstić information content (AvgIpc) is 2.38. The van der Waals surface area contributed by atoms with E-state index in [1.165, 1.54) is 19.3 Å². The molecular weight excluding hydrogens is 236 g/mol. The van der Waals surface area contributed by atoms with Gasteiger partial charge in [0.1, 0.15) is 17.5 Å². The van der Waals surface area contributed by atoms with E-state index < -0.39 is 0 Å². The topological polar surface area (TPSA) is 49.8 Å². The van der Waals surface area contributed by atoms with Crippen molar-refractivity contribution in [2.75, 3.05) is 17.7 Å². The van der Waals surface area contributed by atoms with Crippen molar-refractivity contribution in [2.24, 2.45) is 11.8 Å². The highest BCUT2D eigenvalue weighted by atomic mass is 15.1. The van der Waals surface area contributed by atoms with Gasteiger partial charge in [-0.05, 0) is 32.1 Å². The fourth-order valence-corrected chi connectivity index (χ4v) is 2.97. The Morgan fingerprint density at radius 3 is 2.42 bits per heavy atom. The molecule has 0 saturated heterocycles. The normalized spacial score (nSPS) is 27.1. The molecule has 0 aromatic carbocycles. The molecule has 1 fully saturated rings. The highest BCUT2D eigenvalue weighted by Crippen LogP contribution is 2.32. The molecule has 0 aliphatic heterocycles. The van der Waals surface area contributed by atoms with Crippen molar-refractivity contribution in [3.63, 3.8) is 0 Å². The molecule has 1 aromatic heterocycles. The van der Waals surface area contributed by atoms with E-state index in [4.69, 9.17) is 0 Å². The molecule has 2 N–H and O–H groups in total. The average molecular weight is 262 g/mol. The molecule has 1 aliphatic rings. The molecule has 4 heteroatoms. The van der Waals surface area contributed by atoms with Crippen molar-refractivity contribution < 1.29 is 0 Å². The summed E-state index contributed by atoms with van der Waals surface area (Å²) in [7, 11) is 1.91. The van der Waals surface area contributed by atoms with Gasteiger partial charge in [0.2, 0.25) is 0 Å². The predicted molar refractivity (Wildman–Crippen MR) is 80.6 cm³/mol. The predicted octanol–water partition coefficient (Wildman–Crippen LogP) is 3.37. The van der Waals surface area contributed by atoms with E-state index in [0.717, 1.165) is 28.9 Å². The van der Waals surface area contributed by atoms with Gasteiger partial charge in [-0.25, -0.2) is 9.97 Å². The van der Waals surface area contributed by atoms with Gasteiger partial charge in [-0.2, -0.15) is 0 Å². The molecule has 1 aliphatic carbocycles. The summed E-state index contributed by atoms with van der Waals surface area (Å²) in [5.41, 5.74) is 1.11. The van der Waals surface area contributed by atoms with Crippen molar-refractivity contribution in [1.82, 2.24) is 9.97 Å². The van der Waals surface area contributed by atoms with Crippen LogP contribution in [0.3, 0.4) is 0 Å². The Kier molecular flexibility index (Phi) is 4.27. The van der Waals surface area contributed by atoms with Crippen molar-refractivity contribution >= 4 is 11.6 Å². The molecule has 1 saturated carbocycles. The summed E-state index contributed by atoms with van der Waals surface area (Å²) in [6, 6.07) is 0.529. The van der Waals surface area contributed by atoms with Crippen molar-refractivity contribution in [1.29, 1.82) is 0 Å². The summed E-state index contributed by atoms with van der Waals surface area (Å²) in [5, 5.41) is 6.80. The number of aromatic nitrogens is 2. The lowest BCUT2D eigenvalue weighted by Gasteiger charge is -2.35. The van der Waals surface area contributed by atoms with Crippen LogP contribution >= 0.6 is 0 Å². The number of hydrogen-bond acceptors (Lipinski definition) is 4. The standard InChI is InChI=1S/C15H26N4/c1-9-7-6-8-13(10(9)2)19-15-11(3)14(16-5)17-12(4)18-15/h9-10,13H,6-8H2,1-5H3,(H2,16,17,18,19). The maximum Gasteiger partial charge on any atom is 0.134 e. The molecule has 0 spiro atoms. The first-order valence-corrected chi connectivity index (χ1v) is 7.32. The summed E-state index contributed by atoms with van der Waals surface area (Å²) < 4.78 is 0. The Balaban J connectivity index is 2.21. The first kappa shape index (κ1) is 14.1. The van der Waals surface area contributed by atoms with E-state index in [1.807, 2.05) is 14.0 Å². The first-order chi connectivity index (χ1) is 9.02. The Labute approximate surface area is 116 Å². The summed E-state index contributed by atoms with van der Waals surface area (Å²) in [4.78, 5) is 8.99. The smallest absolute Gasteiger partial charge is 0.134 e. The number of nitrogens with zero attached hydrogens (tertiary/aromatic N) is 2. The van der Waals surface area contributed by atoms with Crippen molar-refractivity contribution in [3.05, 3.63) is 11.4 Å². The minimum atomic E-state index is 0.529. The summed E-state index contributed by atoms with van der Waals surface area (Å²) in [5.74, 6) is 4.21. The minimum Gasteiger partial charge on any atom is -0.373 e. The Morgan fingerprint density at radius 2 is 1.74 bits per heavy atom. The molecule has 0 radical (unpaired) electrons. The van der Waals surface area contributed by atoms with Gasteiger partial charge in [0.05, 0.1) is 0 Å². The van der Waals surface area contributed by atoms with E-state index in [-0.39, 0.29) is 0 Å². The number of nitrogens with one attached hydrogen (secondary N) is 2. The quantitative estimate of drug-likeness (QED) is 0.877. The van der Waals surface area contributed by atoms with Crippen LogP contribution in [0.2, 0.25) is 0 Å². The Morgan fingerprint density at radius 1 is 1.05 bits per heavy atom. The number of hydrogen-bond donors (Lipinski definition) is 2. The second-order valence-corrected chi connectivity index (χ2v) is 5.86. The van der Waals surface area contributed by atoms with Crippen LogP contribution in [0.5, 0.6) is 0 Å². The van der Waals surface area contributed by atoms with E-state index in [9.17, 15) is 0 Å². The number of rotatable bonds is 3. The second kappa shape index (κ2) is 5.76. The molecule has 3 atom stereocenters. The molecular formula is C15H26N4. The molecule has 3 unspecified atom stereocenters. The van der Waals surface area contributed by atoms with Gasteiger partial charge in [-0.1, -0.05) is 26.7 Å². The highest BCUT2D eigenvalue weighted by molar-refractivity contribution is 5.57. The van der Waals surface area contributed by atoms with E-state index in [1.54, 1.807) is 0 Å². The van der Waals surface area contributed by atoms with E-state index >= 15 is 0 Å². The fraction of sp³-hybridized carbons (Fsp3) is 0.733. The first-order valence-electron chi connectivity index (χ1n) is 7.32. The molecule has 2 rings (SSSR count). The molecule has 0 bridgehead atoms. The van der Waals surface area contributed by atoms with Crippen LogP contribution in [0, 0.1) is 25.7 Å². The van der Waals surface area contributed by atoms with Gasteiger partial charge in [0.15, 0.2) is 0 Å². The molecule has 19 heavy (non-hydrogen) atoms. The third-order valence-electron chi connectivity index (χ3n) is 4.52. The van der Waals surface area contributed by atoms with Gasteiger partial charge in [-0.15, -0.1) is 0 Å². The Bertz CT molecular complexity index is 444. The van der Waals surface area contributed by atoms with Gasteiger partial charge in [-0.3, -0.25) is 0 Å². The Hall–Kier alpha value is -1.32. The van der Waals surface area contributed by atoms with Crippen LogP contribution in [0.15, 0.2) is 0 Å². The van der Waals surface area contributed by atoms with E-state index in [0.29, 0.717) is 12.0 Å². The molecule has 0 amide bonds. The van der Waals surface area contributed by atoms with Gasteiger partial charge < -0.3 is 10.6 Å². The van der Waals surface area contributed by atoms with Crippen molar-refractivity contribution in [3.8, 4) is 0 Å². The zero-order chi connectivity index (χ0) is 14.0. The lowest BCUT2D eigenvalue weighted by atomic mass is 9.78. The lowest BCUT2D eigenvalue weighted by Crippen LogP contribution is -2.35. The lowest BCUT2D eigenvalue weighted by molar-refractivity contribution is 0.253. The summed E-state index contributed by atoms with van der Waals surface area (Å²) in [6.45, 7) is 8.72. The summed E-state index contributed by atoms with van der Waals surface area (Å²) in [6.07, 6.45) is 3.90. The molecule has 106 valence electrons. The molecule has 1 aromatic rings. The highest BCUT2D eigenvalue weighted by Gasteiger charge is 2.27. The van der Waals surface area contributed by atoms with Crippen LogP contribution < -0.4 is 10.6 Å². The maximum atomic E-state index is 4.57. The SMILES string of the molecule is CNc1nc(C)nc(NC2CCCC(C)C2C)c1C. The van der Waals surface area contributed by atoms with Crippen LogP contribution in [-0.2, 0) is 0 Å². The van der Waals surface area contributed by atoms with Gasteiger partial charge in [0, 0.05) is 18.7 Å². The maximum absolute atomic E-state index is 4.57. The third kappa shape index (κ3) is 2.99. The zero-order valence-electron chi connectivity index (χ0n) is 12.7.